The van der Waals surface area contributed by atoms with Gasteiger partial charge in [-0.1, -0.05) is 66.7 Å². The van der Waals surface area contributed by atoms with Gasteiger partial charge in [-0.25, -0.2) is 4.99 Å². The van der Waals surface area contributed by atoms with Gasteiger partial charge in [-0.05, 0) is 40.8 Å². The van der Waals surface area contributed by atoms with Crippen LogP contribution in [0.4, 0.5) is 5.69 Å². The average Bonchev–Trinajstić information content (AvgIpc) is 2.66. The lowest BCUT2D eigenvalue weighted by atomic mass is 10.1. The van der Waals surface area contributed by atoms with Crippen molar-refractivity contribution in [1.29, 1.82) is 0 Å². The maximum Gasteiger partial charge on any atom is 0.227 e. The molecule has 0 aliphatic heterocycles. The Bertz CT molecular complexity index is 1050. The molecular weight excluding hydrogens is 409 g/mol. The molecule has 0 amide bonds. The van der Waals surface area contributed by atoms with Crippen LogP contribution in [0.15, 0.2) is 94.3 Å². The zero-order valence-corrected chi connectivity index (χ0v) is 15.0. The number of benzene rings is 3. The predicted octanol–water partition coefficient (Wildman–Crippen LogP) is 5.94. The van der Waals surface area contributed by atoms with E-state index in [-0.39, 0.29) is 0 Å². The number of nitrogens with zero attached hydrogens (tertiary/aromatic N) is 1. The van der Waals surface area contributed by atoms with Crippen molar-refractivity contribution < 1.29 is 4.42 Å². The second kappa shape index (κ2) is 6.61. The molecule has 3 aromatic carbocycles. The fourth-order valence-corrected chi connectivity index (χ4v) is 3.55. The molecule has 116 valence electrons. The molecule has 24 heavy (non-hydrogen) atoms. The Hall–Kier alpha value is -2.40. The van der Waals surface area contributed by atoms with Gasteiger partial charge in [-0.2, -0.15) is 0 Å². The summed E-state index contributed by atoms with van der Waals surface area (Å²) in [5.41, 5.74) is 2.57. The molecule has 0 fully saturated rings. The summed E-state index contributed by atoms with van der Waals surface area (Å²) in [5.74, 6) is 0.851. The van der Waals surface area contributed by atoms with Crippen LogP contribution in [-0.4, -0.2) is 0 Å². The van der Waals surface area contributed by atoms with Crippen molar-refractivity contribution in [2.45, 2.75) is 0 Å². The molecule has 0 aliphatic carbocycles. The largest absolute Gasteiger partial charge is 0.437 e. The standard InChI is InChI=1S/C21H14INO/c22-19-17-13-7-8-14-18(17)21(23-16-11-5-2-6-12-16)24-20(19)15-9-3-1-4-10-15/h1-14H. The smallest absolute Gasteiger partial charge is 0.227 e. The van der Waals surface area contributed by atoms with Crippen molar-refractivity contribution >= 4 is 39.1 Å². The lowest BCUT2D eigenvalue weighted by Gasteiger charge is -2.08. The summed E-state index contributed by atoms with van der Waals surface area (Å²) in [7, 11) is 0. The fourth-order valence-electron chi connectivity index (χ4n) is 2.66. The second-order valence-corrected chi connectivity index (χ2v) is 6.49. The third kappa shape index (κ3) is 2.87. The Morgan fingerprint density at radius 2 is 1.25 bits per heavy atom. The molecule has 0 saturated heterocycles. The SMILES string of the molecule is Ic1c(-c2ccccc2)oc(=Nc2ccccc2)c2ccccc12. The molecule has 0 unspecified atom stereocenters. The van der Waals surface area contributed by atoms with E-state index in [4.69, 9.17) is 9.41 Å². The van der Waals surface area contributed by atoms with E-state index < -0.39 is 0 Å². The zero-order valence-electron chi connectivity index (χ0n) is 12.8. The molecule has 4 rings (SSSR count). The van der Waals surface area contributed by atoms with E-state index in [0.29, 0.717) is 5.55 Å². The minimum Gasteiger partial charge on any atom is -0.437 e. The first-order chi connectivity index (χ1) is 11.8. The van der Waals surface area contributed by atoms with Gasteiger partial charge in [0.2, 0.25) is 5.55 Å². The zero-order chi connectivity index (χ0) is 16.4. The second-order valence-electron chi connectivity index (χ2n) is 5.41. The minimum absolute atomic E-state index is 0.635. The van der Waals surface area contributed by atoms with Crippen LogP contribution in [-0.2, 0) is 0 Å². The summed E-state index contributed by atoms with van der Waals surface area (Å²) < 4.78 is 7.34. The first-order valence-corrected chi connectivity index (χ1v) is 8.77. The van der Waals surface area contributed by atoms with Crippen LogP contribution in [0.25, 0.3) is 22.1 Å². The molecule has 0 radical (unpaired) electrons. The molecule has 3 heteroatoms. The molecule has 1 aromatic heterocycles. The van der Waals surface area contributed by atoms with Gasteiger partial charge >= 0.3 is 0 Å². The van der Waals surface area contributed by atoms with E-state index in [9.17, 15) is 0 Å². The van der Waals surface area contributed by atoms with Gasteiger partial charge in [-0.15, -0.1) is 0 Å². The van der Waals surface area contributed by atoms with Gasteiger partial charge in [0.15, 0.2) is 5.76 Å². The van der Waals surface area contributed by atoms with Crippen molar-refractivity contribution in [2.24, 2.45) is 4.99 Å². The molecule has 1 heterocycles. The summed E-state index contributed by atoms with van der Waals surface area (Å²) >= 11 is 2.35. The summed E-state index contributed by atoms with van der Waals surface area (Å²) in [6.45, 7) is 0. The van der Waals surface area contributed by atoms with E-state index in [2.05, 4.69) is 46.9 Å². The van der Waals surface area contributed by atoms with Gasteiger partial charge in [0.05, 0.1) is 9.26 Å². The number of fused-ring (bicyclic) bond motifs is 1. The van der Waals surface area contributed by atoms with Crippen LogP contribution in [0.1, 0.15) is 0 Å². The first-order valence-electron chi connectivity index (χ1n) is 7.69. The molecule has 0 atom stereocenters. The normalized spacial score (nSPS) is 11.8. The number of hydrogen-bond donors (Lipinski definition) is 0. The highest BCUT2D eigenvalue weighted by molar-refractivity contribution is 14.1. The first kappa shape index (κ1) is 15.1. The molecule has 0 aliphatic rings. The van der Waals surface area contributed by atoms with Crippen LogP contribution >= 0.6 is 22.6 Å². The van der Waals surface area contributed by atoms with E-state index >= 15 is 0 Å². The van der Waals surface area contributed by atoms with E-state index in [0.717, 1.165) is 31.4 Å². The Labute approximate surface area is 153 Å². The van der Waals surface area contributed by atoms with Gasteiger partial charge in [0, 0.05) is 16.3 Å². The lowest BCUT2D eigenvalue weighted by Crippen LogP contribution is -2.05. The molecule has 0 saturated carbocycles. The Kier molecular flexibility index (Phi) is 4.17. The number of para-hydroxylation sites is 1. The fraction of sp³-hybridized carbons (Fsp3) is 0. The van der Waals surface area contributed by atoms with Crippen molar-refractivity contribution in [1.82, 2.24) is 0 Å². The van der Waals surface area contributed by atoms with Crippen molar-refractivity contribution in [3.8, 4) is 11.3 Å². The molecule has 0 N–H and O–H groups in total. The monoisotopic (exact) mass is 423 g/mol. The number of halogens is 1. The average molecular weight is 423 g/mol. The van der Waals surface area contributed by atoms with Gasteiger partial charge in [-0.3, -0.25) is 0 Å². The van der Waals surface area contributed by atoms with Gasteiger partial charge < -0.3 is 4.42 Å². The summed E-state index contributed by atoms with van der Waals surface area (Å²) in [6.07, 6.45) is 0. The topological polar surface area (TPSA) is 25.5 Å². The highest BCUT2D eigenvalue weighted by Crippen LogP contribution is 2.29. The maximum absolute atomic E-state index is 6.24. The highest BCUT2D eigenvalue weighted by atomic mass is 127. The van der Waals surface area contributed by atoms with Crippen LogP contribution in [0.5, 0.6) is 0 Å². The Morgan fingerprint density at radius 1 is 0.667 bits per heavy atom. The van der Waals surface area contributed by atoms with Crippen molar-refractivity contribution in [3.63, 3.8) is 0 Å². The van der Waals surface area contributed by atoms with E-state index in [1.54, 1.807) is 0 Å². The number of rotatable bonds is 2. The predicted molar refractivity (Wildman–Crippen MR) is 106 cm³/mol. The van der Waals surface area contributed by atoms with E-state index in [1.807, 2.05) is 60.7 Å². The lowest BCUT2D eigenvalue weighted by molar-refractivity contribution is 0.518. The molecule has 0 spiro atoms. The van der Waals surface area contributed by atoms with Crippen LogP contribution in [0, 0.1) is 3.57 Å². The van der Waals surface area contributed by atoms with E-state index in [1.165, 1.54) is 0 Å². The molecule has 4 aromatic rings. The Morgan fingerprint density at radius 3 is 1.96 bits per heavy atom. The van der Waals surface area contributed by atoms with Crippen molar-refractivity contribution in [2.75, 3.05) is 0 Å². The third-order valence-corrected chi connectivity index (χ3v) is 4.89. The van der Waals surface area contributed by atoms with Gasteiger partial charge in [0.1, 0.15) is 0 Å². The molecule has 0 bridgehead atoms. The highest BCUT2D eigenvalue weighted by Gasteiger charge is 2.12. The molecular formula is C21H14INO. The van der Waals surface area contributed by atoms with Crippen molar-refractivity contribution in [3.05, 3.63) is 94.1 Å². The van der Waals surface area contributed by atoms with Crippen LogP contribution in [0.3, 0.4) is 0 Å². The van der Waals surface area contributed by atoms with Crippen LogP contribution < -0.4 is 5.55 Å². The van der Waals surface area contributed by atoms with Crippen LogP contribution in [0.2, 0.25) is 0 Å². The summed E-state index contributed by atoms with van der Waals surface area (Å²) in [5, 5.41) is 2.17. The third-order valence-electron chi connectivity index (χ3n) is 3.81. The minimum atomic E-state index is 0.635. The quantitative estimate of drug-likeness (QED) is 0.367. The Balaban J connectivity index is 2.06. The number of hydrogen-bond acceptors (Lipinski definition) is 2. The summed E-state index contributed by atoms with van der Waals surface area (Å²) in [6, 6.07) is 28.3. The summed E-state index contributed by atoms with van der Waals surface area (Å²) in [4.78, 5) is 4.73. The van der Waals surface area contributed by atoms with Gasteiger partial charge in [0.25, 0.3) is 0 Å². The molecule has 2 nitrogen and oxygen atoms in total. The maximum atomic E-state index is 6.24.